The third kappa shape index (κ3) is 27.5. The Morgan fingerprint density at radius 2 is 0.763 bits per heavy atom. The summed E-state index contributed by atoms with van der Waals surface area (Å²) in [6, 6.07) is 122. The van der Waals surface area contributed by atoms with Gasteiger partial charge in [-0.3, -0.25) is 0 Å². The van der Waals surface area contributed by atoms with Crippen LogP contribution in [0.5, 0.6) is 23.0 Å². The lowest BCUT2D eigenvalue weighted by molar-refractivity contribution is 0.146. The highest BCUT2D eigenvalue weighted by molar-refractivity contribution is 6.02. The summed E-state index contributed by atoms with van der Waals surface area (Å²) in [4.78, 5) is 9.62. The number of hydrogen-bond acceptors (Lipinski definition) is 4. The van der Waals surface area contributed by atoms with Gasteiger partial charge in [-0.25, -0.2) is 0 Å². The minimum Gasteiger partial charge on any atom is -0.494 e. The summed E-state index contributed by atoms with van der Waals surface area (Å²) in [6.07, 6.45) is 23.3. The van der Waals surface area contributed by atoms with Crippen molar-refractivity contribution in [2.75, 3.05) is 26.9 Å². The highest BCUT2D eigenvalue weighted by Crippen LogP contribution is 2.33. The van der Waals surface area contributed by atoms with Gasteiger partial charge < -0.3 is 43.0 Å². The first-order valence-corrected chi connectivity index (χ1v) is 46.8. The Balaban J connectivity index is 0.000000134. The lowest BCUT2D eigenvalue weighted by Crippen LogP contribution is -2.03. The number of aromatic nitrogens is 5. The summed E-state index contributed by atoms with van der Waals surface area (Å²) in [5.74, 6) is 3.70. The highest BCUT2D eigenvalue weighted by Gasteiger charge is 2.11. The maximum Gasteiger partial charge on any atom is 0.130 e. The van der Waals surface area contributed by atoms with Crippen molar-refractivity contribution >= 4 is 92.4 Å². The monoisotopic (exact) mass is 1730 g/mol. The van der Waals surface area contributed by atoms with Crippen LogP contribution in [-0.2, 0) is 37.1 Å². The number of benzene rings is 15. The second-order valence-electron chi connectivity index (χ2n) is 33.0. The number of unbranched alkanes of at least 4 members (excludes halogenated alkanes) is 2. The van der Waals surface area contributed by atoms with Gasteiger partial charge in [0.15, 0.2) is 0 Å². The number of nitrogens with one attached hydrogen (secondary N) is 3. The van der Waals surface area contributed by atoms with Crippen molar-refractivity contribution in [1.29, 1.82) is 0 Å². The van der Waals surface area contributed by atoms with Crippen LogP contribution < -0.4 is 14.2 Å². The summed E-state index contributed by atoms with van der Waals surface area (Å²) in [5.41, 5.74) is 22.2. The molecule has 0 fully saturated rings. The molecule has 9 heteroatoms. The number of aromatic amines is 3. The summed E-state index contributed by atoms with van der Waals surface area (Å²) >= 11 is 0. The number of methoxy groups -OCH3 is 1. The molecule has 0 atom stereocenters. The van der Waals surface area contributed by atoms with E-state index in [1.54, 1.807) is 7.11 Å². The topological polar surface area (TPSA) is 94.2 Å². The Bertz CT molecular complexity index is 6640. The van der Waals surface area contributed by atoms with Crippen LogP contribution in [0.25, 0.3) is 92.4 Å². The van der Waals surface area contributed by atoms with Gasteiger partial charge in [0.25, 0.3) is 0 Å². The average Bonchev–Trinajstić information content (AvgIpc) is 0.989. The molecule has 0 bridgehead atoms. The fourth-order valence-corrected chi connectivity index (χ4v) is 16.4. The lowest BCUT2D eigenvalue weighted by Gasteiger charge is -2.10. The predicted molar refractivity (Wildman–Crippen MR) is 562 cm³/mol. The Morgan fingerprint density at radius 1 is 0.328 bits per heavy atom. The van der Waals surface area contributed by atoms with Crippen LogP contribution in [0, 0.1) is 34.6 Å². The Hall–Kier alpha value is -14.1. The molecule has 5 heterocycles. The minimum atomic E-state index is 0.589. The highest BCUT2D eigenvalue weighted by atomic mass is 16.5. The molecule has 0 aliphatic carbocycles. The van der Waals surface area contributed by atoms with Crippen molar-refractivity contribution in [3.05, 3.63) is 450 Å². The van der Waals surface area contributed by atoms with Crippen molar-refractivity contribution in [3.8, 4) is 23.0 Å². The number of ether oxygens (including phenoxy) is 4. The smallest absolute Gasteiger partial charge is 0.130 e. The van der Waals surface area contributed by atoms with Crippen molar-refractivity contribution < 1.29 is 18.9 Å². The summed E-state index contributed by atoms with van der Waals surface area (Å²) in [5, 5.41) is 14.8. The van der Waals surface area contributed by atoms with Gasteiger partial charge in [0.1, 0.15) is 29.6 Å². The first-order chi connectivity index (χ1) is 64.3. The van der Waals surface area contributed by atoms with E-state index in [0.717, 1.165) is 67.5 Å². The molecule has 20 aromatic rings. The number of nitrogens with zero attached hydrogens (tertiary/aromatic N) is 2. The lowest BCUT2D eigenvalue weighted by atomic mass is 9.94. The van der Waals surface area contributed by atoms with Crippen LogP contribution in [0.1, 0.15) is 141 Å². The van der Waals surface area contributed by atoms with Gasteiger partial charge in [0, 0.05) is 106 Å². The van der Waals surface area contributed by atoms with Crippen molar-refractivity contribution in [2.24, 2.45) is 0 Å². The van der Waals surface area contributed by atoms with Crippen molar-refractivity contribution in [3.63, 3.8) is 0 Å². The molecular formula is C122H131N5O4. The molecule has 131 heavy (non-hydrogen) atoms. The van der Waals surface area contributed by atoms with Crippen molar-refractivity contribution in [1.82, 2.24) is 24.1 Å². The third-order valence-electron chi connectivity index (χ3n) is 23.3. The number of H-pyrrole nitrogens is 3. The molecule has 9 nitrogen and oxygen atoms in total. The summed E-state index contributed by atoms with van der Waals surface area (Å²) in [6.45, 7) is 27.8. The van der Waals surface area contributed by atoms with E-state index in [1.165, 1.54) is 187 Å². The zero-order valence-electron chi connectivity index (χ0n) is 78.9. The predicted octanol–water partition coefficient (Wildman–Crippen LogP) is 33.3. The number of hydrogen-bond donors (Lipinski definition) is 3. The SMILES string of the molecule is CC=C(c1ccccc1)c1ccccc1.CCCCOc1ccc2[nH]cc(C)c2c1.CCCCn1cc(C)c2ccccc21.CCCc1c2ccccc2cc2ccccc12.CCCc1cccc2ccccc12.CCc1ccccc1Oc1ccccc1.COCCOc1ccc2[nH]cc(C)c2c1.Cc1c[nH]c2ccccc12.Cc1cn(Cc2ccccc2)c2ccccc12. The molecule has 0 saturated heterocycles. The molecule has 0 amide bonds. The maximum atomic E-state index is 5.80. The summed E-state index contributed by atoms with van der Waals surface area (Å²) < 4.78 is 26.6. The van der Waals surface area contributed by atoms with E-state index in [0.29, 0.717) is 13.2 Å². The quantitative estimate of drug-likeness (QED) is 0.0465. The zero-order valence-corrected chi connectivity index (χ0v) is 78.9. The van der Waals surface area contributed by atoms with E-state index in [2.05, 4.69) is 386 Å². The zero-order chi connectivity index (χ0) is 91.7. The van der Waals surface area contributed by atoms with Gasteiger partial charge in [-0.05, 0) is 252 Å². The van der Waals surface area contributed by atoms with Gasteiger partial charge in [0.05, 0.1) is 13.2 Å². The van der Waals surface area contributed by atoms with Crippen LogP contribution in [0.15, 0.2) is 389 Å². The second kappa shape index (κ2) is 51.2. The van der Waals surface area contributed by atoms with Gasteiger partial charge in [0.2, 0.25) is 0 Å². The minimum absolute atomic E-state index is 0.589. The van der Waals surface area contributed by atoms with Crippen LogP contribution >= 0.6 is 0 Å². The second-order valence-corrected chi connectivity index (χ2v) is 33.0. The fourth-order valence-electron chi connectivity index (χ4n) is 16.4. The van der Waals surface area contributed by atoms with E-state index in [-0.39, 0.29) is 0 Å². The van der Waals surface area contributed by atoms with Crippen LogP contribution in [0.4, 0.5) is 0 Å². The molecule has 20 rings (SSSR count). The van der Waals surface area contributed by atoms with Crippen molar-refractivity contribution in [2.45, 2.75) is 147 Å². The number of fused-ring (bicyclic) bond motifs is 8. The van der Waals surface area contributed by atoms with E-state index in [1.807, 2.05) is 104 Å². The number of rotatable bonds is 22. The first-order valence-electron chi connectivity index (χ1n) is 46.8. The van der Waals surface area contributed by atoms with E-state index in [4.69, 9.17) is 18.9 Å². The van der Waals surface area contributed by atoms with E-state index in [9.17, 15) is 0 Å². The average molecular weight is 1730 g/mol. The largest absolute Gasteiger partial charge is 0.494 e. The normalized spacial score (nSPS) is 10.6. The molecule has 0 saturated carbocycles. The van der Waals surface area contributed by atoms with E-state index >= 15 is 0 Å². The van der Waals surface area contributed by atoms with Crippen LogP contribution in [0.3, 0.4) is 0 Å². The standard InChI is InChI=1S/C17H16.C16H15N.C15H14.C14H14O.C13H17NO.C13H17N.C13H14.C12H15NO2.C9H9N/c1-2-7-17-15-10-5-3-8-13(15)12-14-9-4-6-11-16(14)17;1-13-11-17(12-14-7-3-2-4-8-14)16-10-6-5-9-15(13)16;1-2-15(13-9-5-3-6-10-13)14-11-7-4-8-12-14;1-2-12-8-6-7-11-14(12)15-13-9-4-3-5-10-13;1-3-4-7-15-11-5-6-13-12(8-11)10(2)9-14-13;1-3-4-9-14-10-11(2)12-7-5-6-8-13(12)14;1-2-6-11-8-5-9-12-7-3-4-10-13(11)12;1-9-8-13-12-4-3-10(7-11(9)12)15-6-5-14-2;1-7-6-10-9-5-3-2-4-8(7)9/h3-6,8-12H,2,7H2,1H3;2-11H,12H2,1H3;2-12H,1H3;3-11H,2H2,1H3;5-6,8-9,14H,3-4,7H2,1-2H3;5-8,10H,3-4,9H2,1-2H3;3-5,7-10H,2,6H2,1H3;3-4,7-8,13H,5-6H2,1-2H3;2-6,10H,1H3. The van der Waals surface area contributed by atoms with Gasteiger partial charge in [-0.2, -0.15) is 0 Å². The Kier molecular flexibility index (Phi) is 37.5. The molecule has 0 aliphatic heterocycles. The molecule has 0 radical (unpaired) electrons. The molecule has 5 aromatic heterocycles. The number of para-hydroxylation sites is 5. The fraction of sp³-hybridized carbons (Fsp3) is 0.213. The Labute approximate surface area is 777 Å². The summed E-state index contributed by atoms with van der Waals surface area (Å²) in [7, 11) is 1.67. The number of aryl methyl sites for hydroxylation is 9. The Morgan fingerprint density at radius 3 is 1.30 bits per heavy atom. The molecule has 0 spiro atoms. The van der Waals surface area contributed by atoms with E-state index < -0.39 is 0 Å². The molecule has 15 aromatic carbocycles. The maximum absolute atomic E-state index is 5.80. The van der Waals surface area contributed by atoms with Crippen LogP contribution in [-0.4, -0.2) is 51.0 Å². The number of allylic oxidation sites excluding steroid dienone is 1. The van der Waals surface area contributed by atoms with Crippen LogP contribution in [0.2, 0.25) is 0 Å². The molecular weight excluding hydrogens is 1600 g/mol. The molecule has 668 valence electrons. The molecule has 3 N–H and O–H groups in total. The first kappa shape index (κ1) is 96.0. The van der Waals surface area contributed by atoms with Gasteiger partial charge in [-0.15, -0.1) is 0 Å². The van der Waals surface area contributed by atoms with Gasteiger partial charge in [-0.1, -0.05) is 339 Å². The van der Waals surface area contributed by atoms with Gasteiger partial charge >= 0.3 is 0 Å². The molecule has 0 aliphatic rings. The molecule has 0 unspecified atom stereocenters. The third-order valence-corrected chi connectivity index (χ3v) is 23.3.